The van der Waals surface area contributed by atoms with Gasteiger partial charge in [-0.3, -0.25) is 4.79 Å². The normalized spacial score (nSPS) is 11.9. The van der Waals surface area contributed by atoms with Crippen molar-refractivity contribution < 1.29 is 0 Å². The Balaban J connectivity index is 1.87. The van der Waals surface area contributed by atoms with Gasteiger partial charge in [0.15, 0.2) is 0 Å². The van der Waals surface area contributed by atoms with Crippen LogP contribution in [0.3, 0.4) is 0 Å². The first-order chi connectivity index (χ1) is 14.4. The zero-order valence-electron chi connectivity index (χ0n) is 16.8. The number of aromatic nitrogens is 5. The van der Waals surface area contributed by atoms with Crippen LogP contribution in [0.4, 0.5) is 11.8 Å². The van der Waals surface area contributed by atoms with E-state index in [0.717, 1.165) is 27.9 Å². The molecular weight excluding hydrogens is 380 g/mol. The van der Waals surface area contributed by atoms with Crippen LogP contribution in [0.2, 0.25) is 0 Å². The van der Waals surface area contributed by atoms with Gasteiger partial charge in [-0.2, -0.15) is 10.2 Å². The lowest BCUT2D eigenvalue weighted by Crippen LogP contribution is -2.15. The minimum Gasteiger partial charge on any atom is -0.368 e. The summed E-state index contributed by atoms with van der Waals surface area (Å²) in [6.45, 7) is 3.63. The summed E-state index contributed by atoms with van der Waals surface area (Å²) in [7, 11) is 1.94. The first-order valence-electron chi connectivity index (χ1n) is 9.33. The highest BCUT2D eigenvalue weighted by molar-refractivity contribution is 5.83. The van der Waals surface area contributed by atoms with E-state index in [1.165, 1.54) is 6.07 Å². The lowest BCUT2D eigenvalue weighted by Gasteiger charge is -2.19. The molecular formula is C21H20N8O. The van der Waals surface area contributed by atoms with Crippen molar-refractivity contribution >= 4 is 22.8 Å². The summed E-state index contributed by atoms with van der Waals surface area (Å²) >= 11 is 0. The molecule has 4 N–H and O–H groups in total. The van der Waals surface area contributed by atoms with Gasteiger partial charge >= 0.3 is 0 Å². The molecule has 0 spiro atoms. The molecule has 0 fully saturated rings. The third-order valence-electron chi connectivity index (χ3n) is 4.96. The van der Waals surface area contributed by atoms with E-state index in [4.69, 9.17) is 10.7 Å². The summed E-state index contributed by atoms with van der Waals surface area (Å²) in [6.07, 6.45) is 3.54. The number of aryl methyl sites for hydroxylation is 2. The van der Waals surface area contributed by atoms with Gasteiger partial charge in [-0.15, -0.1) is 0 Å². The molecule has 4 aromatic heterocycles. The van der Waals surface area contributed by atoms with E-state index < -0.39 is 0 Å². The largest absolute Gasteiger partial charge is 0.368 e. The second kappa shape index (κ2) is 7.33. The van der Waals surface area contributed by atoms with Crippen molar-refractivity contribution in [1.29, 1.82) is 5.26 Å². The lowest BCUT2D eigenvalue weighted by molar-refractivity contribution is 0.837. The fourth-order valence-corrected chi connectivity index (χ4v) is 3.48. The fraction of sp³-hybridized carbons (Fsp3) is 0.190. The van der Waals surface area contributed by atoms with Crippen LogP contribution >= 0.6 is 0 Å². The lowest BCUT2D eigenvalue weighted by atomic mass is 10.0. The van der Waals surface area contributed by atoms with Gasteiger partial charge in [0, 0.05) is 31.1 Å². The number of rotatable bonds is 4. The van der Waals surface area contributed by atoms with Gasteiger partial charge in [0.1, 0.15) is 17.5 Å². The first-order valence-corrected chi connectivity index (χ1v) is 9.33. The van der Waals surface area contributed by atoms with Gasteiger partial charge in [-0.1, -0.05) is 0 Å². The number of aromatic amines is 1. The molecule has 30 heavy (non-hydrogen) atoms. The standard InChI is InChI=1S/C21H20N8O/c1-11-15(10-22)20(28-21(23)26-11)25-12(2)19-14(13-4-6-24-18(30)8-13)9-17-16(27-19)5-7-29(17)3/h4-9,12H,1-3H3,(H,24,30)(H3,23,25,26,28)/t12-/m0/s1. The molecule has 9 heteroatoms. The molecule has 0 aliphatic rings. The minimum atomic E-state index is -0.329. The number of nitrogens with two attached hydrogens (primary N) is 1. The van der Waals surface area contributed by atoms with Crippen molar-refractivity contribution in [3.63, 3.8) is 0 Å². The molecule has 0 aliphatic carbocycles. The van der Waals surface area contributed by atoms with Gasteiger partial charge in [-0.25, -0.2) is 9.97 Å². The van der Waals surface area contributed by atoms with E-state index >= 15 is 0 Å². The Kier molecular flexibility index (Phi) is 4.68. The third kappa shape index (κ3) is 3.35. The van der Waals surface area contributed by atoms with Gasteiger partial charge < -0.3 is 20.6 Å². The van der Waals surface area contributed by atoms with Crippen LogP contribution in [0.1, 0.15) is 29.9 Å². The highest BCUT2D eigenvalue weighted by atomic mass is 16.1. The number of hydrogen-bond donors (Lipinski definition) is 3. The maximum Gasteiger partial charge on any atom is 0.248 e. The zero-order valence-corrected chi connectivity index (χ0v) is 16.8. The number of nitrogens with zero attached hydrogens (tertiary/aromatic N) is 5. The summed E-state index contributed by atoms with van der Waals surface area (Å²) in [4.78, 5) is 27.6. The quantitative estimate of drug-likeness (QED) is 0.478. The summed E-state index contributed by atoms with van der Waals surface area (Å²) in [5.41, 5.74) is 10.5. The molecule has 0 radical (unpaired) electrons. The predicted molar refractivity (Wildman–Crippen MR) is 115 cm³/mol. The molecule has 150 valence electrons. The molecule has 0 bridgehead atoms. The van der Waals surface area contributed by atoms with E-state index in [0.29, 0.717) is 17.1 Å². The molecule has 4 heterocycles. The number of nitrogens with one attached hydrogen (secondary N) is 2. The summed E-state index contributed by atoms with van der Waals surface area (Å²) in [5, 5.41) is 12.8. The second-order valence-electron chi connectivity index (χ2n) is 7.06. The number of H-pyrrole nitrogens is 1. The van der Waals surface area contributed by atoms with Crippen LogP contribution in [-0.4, -0.2) is 24.5 Å². The SMILES string of the molecule is Cc1nc(N)nc(N[C@@H](C)c2nc3ccn(C)c3cc2-c2cc[nH]c(=O)c2)c1C#N. The predicted octanol–water partition coefficient (Wildman–Crippen LogP) is 2.65. The van der Waals surface area contributed by atoms with Gasteiger partial charge in [0.05, 0.1) is 28.5 Å². The Labute approximate surface area is 172 Å². The van der Waals surface area contributed by atoms with E-state index in [9.17, 15) is 10.1 Å². The molecule has 0 amide bonds. The number of fused-ring (bicyclic) bond motifs is 1. The molecule has 1 atom stereocenters. The number of anilines is 2. The molecule has 0 saturated carbocycles. The fourth-order valence-electron chi connectivity index (χ4n) is 3.48. The first kappa shape index (κ1) is 19.1. The van der Waals surface area contributed by atoms with Crippen molar-refractivity contribution in [2.24, 2.45) is 7.05 Å². The van der Waals surface area contributed by atoms with Crippen molar-refractivity contribution in [1.82, 2.24) is 24.5 Å². The van der Waals surface area contributed by atoms with Crippen LogP contribution in [0.25, 0.3) is 22.2 Å². The average molecular weight is 400 g/mol. The Morgan fingerprint density at radius 2 is 2.07 bits per heavy atom. The third-order valence-corrected chi connectivity index (χ3v) is 4.96. The van der Waals surface area contributed by atoms with Crippen LogP contribution < -0.4 is 16.6 Å². The van der Waals surface area contributed by atoms with Crippen molar-refractivity contribution in [2.75, 3.05) is 11.1 Å². The van der Waals surface area contributed by atoms with Crippen molar-refractivity contribution in [2.45, 2.75) is 19.9 Å². The van der Waals surface area contributed by atoms with Crippen LogP contribution in [0, 0.1) is 18.3 Å². The Bertz CT molecular complexity index is 1360. The van der Waals surface area contributed by atoms with Gasteiger partial charge in [0.25, 0.3) is 0 Å². The number of hydrogen-bond acceptors (Lipinski definition) is 7. The molecule has 0 saturated heterocycles. The monoisotopic (exact) mass is 400 g/mol. The maximum absolute atomic E-state index is 11.9. The van der Waals surface area contributed by atoms with Crippen LogP contribution in [0.15, 0.2) is 41.5 Å². The zero-order chi connectivity index (χ0) is 21.4. The van der Waals surface area contributed by atoms with Gasteiger partial charge in [-0.05, 0) is 37.6 Å². The van der Waals surface area contributed by atoms with E-state index in [1.807, 2.05) is 42.9 Å². The highest BCUT2D eigenvalue weighted by Crippen LogP contribution is 2.32. The van der Waals surface area contributed by atoms with E-state index in [2.05, 4.69) is 26.3 Å². The molecule has 4 aromatic rings. The minimum absolute atomic E-state index is 0.0856. The van der Waals surface area contributed by atoms with Crippen LogP contribution in [0.5, 0.6) is 0 Å². The summed E-state index contributed by atoms with van der Waals surface area (Å²) < 4.78 is 1.98. The topological polar surface area (TPSA) is 138 Å². The molecule has 4 rings (SSSR count). The van der Waals surface area contributed by atoms with Gasteiger partial charge in [0.2, 0.25) is 11.5 Å². The summed E-state index contributed by atoms with van der Waals surface area (Å²) in [6, 6.07) is 9.10. The molecule has 0 aromatic carbocycles. The second-order valence-corrected chi connectivity index (χ2v) is 7.06. The number of nitriles is 1. The Morgan fingerprint density at radius 3 is 2.80 bits per heavy atom. The Morgan fingerprint density at radius 1 is 1.27 bits per heavy atom. The maximum atomic E-state index is 11.9. The summed E-state index contributed by atoms with van der Waals surface area (Å²) in [5.74, 6) is 0.435. The number of pyridine rings is 2. The van der Waals surface area contributed by atoms with Crippen molar-refractivity contribution in [3.05, 3.63) is 64.0 Å². The van der Waals surface area contributed by atoms with Crippen molar-refractivity contribution in [3.8, 4) is 17.2 Å². The molecule has 0 aliphatic heterocycles. The average Bonchev–Trinajstić information content (AvgIpc) is 3.07. The smallest absolute Gasteiger partial charge is 0.248 e. The molecule has 0 unspecified atom stereocenters. The van der Waals surface area contributed by atoms with E-state index in [-0.39, 0.29) is 17.5 Å². The number of nitrogen functional groups attached to an aromatic ring is 1. The highest BCUT2D eigenvalue weighted by Gasteiger charge is 2.20. The molecule has 9 nitrogen and oxygen atoms in total. The van der Waals surface area contributed by atoms with Crippen LogP contribution in [-0.2, 0) is 7.05 Å². The van der Waals surface area contributed by atoms with E-state index in [1.54, 1.807) is 13.1 Å². The Hall–Kier alpha value is -4.19.